The lowest BCUT2D eigenvalue weighted by atomic mass is 10.4. The zero-order valence-electron chi connectivity index (χ0n) is 8.02. The lowest BCUT2D eigenvalue weighted by Gasteiger charge is -1.94. The highest BCUT2D eigenvalue weighted by molar-refractivity contribution is 7.15. The van der Waals surface area contributed by atoms with Crippen LogP contribution in [0.1, 0.15) is 23.7 Å². The van der Waals surface area contributed by atoms with Crippen molar-refractivity contribution >= 4 is 11.3 Å². The summed E-state index contributed by atoms with van der Waals surface area (Å²) in [6.07, 6.45) is 0. The van der Waals surface area contributed by atoms with Crippen LogP contribution in [0.2, 0.25) is 0 Å². The summed E-state index contributed by atoms with van der Waals surface area (Å²) in [6, 6.07) is 3.78. The van der Waals surface area contributed by atoms with E-state index in [4.69, 9.17) is 10.2 Å². The molecule has 0 aromatic carbocycles. The third-order valence-corrected chi connectivity index (χ3v) is 2.77. The van der Waals surface area contributed by atoms with Crippen LogP contribution in [0.4, 0.5) is 0 Å². The van der Waals surface area contributed by atoms with E-state index in [1.165, 1.54) is 4.88 Å². The van der Waals surface area contributed by atoms with Gasteiger partial charge in [-0.2, -0.15) is 0 Å². The molecule has 0 bridgehead atoms. The van der Waals surface area contributed by atoms with Gasteiger partial charge in [0.15, 0.2) is 0 Å². The van der Waals surface area contributed by atoms with Crippen molar-refractivity contribution < 1.29 is 4.42 Å². The molecule has 1 atom stereocenters. The number of nitrogens with zero attached hydrogens (tertiary/aromatic N) is 2. The maximum atomic E-state index is 5.62. The largest absolute Gasteiger partial charge is 0.418 e. The molecule has 74 valence electrons. The monoisotopic (exact) mass is 209 g/mol. The van der Waals surface area contributed by atoms with Gasteiger partial charge in [-0.3, -0.25) is 0 Å². The molecule has 0 radical (unpaired) electrons. The van der Waals surface area contributed by atoms with Gasteiger partial charge in [-0.25, -0.2) is 0 Å². The summed E-state index contributed by atoms with van der Waals surface area (Å²) in [5.74, 6) is 1.03. The second kappa shape index (κ2) is 3.51. The van der Waals surface area contributed by atoms with Gasteiger partial charge in [-0.15, -0.1) is 21.5 Å². The van der Waals surface area contributed by atoms with Gasteiger partial charge in [-0.05, 0) is 26.0 Å². The normalized spacial score (nSPS) is 13.1. The molecule has 5 heteroatoms. The number of hydrogen-bond donors (Lipinski definition) is 1. The zero-order chi connectivity index (χ0) is 10.1. The Kier molecular flexibility index (Phi) is 2.35. The zero-order valence-corrected chi connectivity index (χ0v) is 8.84. The Morgan fingerprint density at radius 1 is 1.43 bits per heavy atom. The van der Waals surface area contributed by atoms with Crippen molar-refractivity contribution in [3.05, 3.63) is 22.9 Å². The maximum Gasteiger partial charge on any atom is 0.257 e. The van der Waals surface area contributed by atoms with E-state index >= 15 is 0 Å². The van der Waals surface area contributed by atoms with E-state index in [0.29, 0.717) is 11.8 Å². The molecule has 0 amide bonds. The number of thiophene rings is 1. The van der Waals surface area contributed by atoms with Crippen LogP contribution in [0.15, 0.2) is 16.5 Å². The van der Waals surface area contributed by atoms with E-state index in [1.807, 2.05) is 26.0 Å². The summed E-state index contributed by atoms with van der Waals surface area (Å²) in [6.45, 7) is 3.86. The second-order valence-corrected chi connectivity index (χ2v) is 4.43. The first-order valence-corrected chi connectivity index (χ1v) is 5.14. The third kappa shape index (κ3) is 1.69. The summed E-state index contributed by atoms with van der Waals surface area (Å²) < 4.78 is 5.41. The molecule has 2 rings (SSSR count). The Hall–Kier alpha value is -1.20. The minimum Gasteiger partial charge on any atom is -0.418 e. The van der Waals surface area contributed by atoms with Gasteiger partial charge in [0.1, 0.15) is 0 Å². The number of rotatable bonds is 2. The van der Waals surface area contributed by atoms with Crippen LogP contribution in [0, 0.1) is 6.92 Å². The molecule has 2 aromatic heterocycles. The first-order chi connectivity index (χ1) is 6.66. The van der Waals surface area contributed by atoms with E-state index in [9.17, 15) is 0 Å². The van der Waals surface area contributed by atoms with Crippen LogP contribution in [0.3, 0.4) is 0 Å². The Labute approximate surface area is 85.8 Å². The van der Waals surface area contributed by atoms with E-state index in [2.05, 4.69) is 10.2 Å². The predicted octanol–water partition coefficient (Wildman–Crippen LogP) is 2.13. The van der Waals surface area contributed by atoms with Gasteiger partial charge in [-0.1, -0.05) is 0 Å². The van der Waals surface area contributed by atoms with E-state index < -0.39 is 0 Å². The highest BCUT2D eigenvalue weighted by Gasteiger charge is 2.12. The highest BCUT2D eigenvalue weighted by atomic mass is 32.1. The molecular weight excluding hydrogens is 198 g/mol. The van der Waals surface area contributed by atoms with Crippen molar-refractivity contribution in [1.29, 1.82) is 0 Å². The van der Waals surface area contributed by atoms with Crippen molar-refractivity contribution in [2.24, 2.45) is 5.73 Å². The number of nitrogens with two attached hydrogens (primary N) is 1. The fourth-order valence-corrected chi connectivity index (χ4v) is 1.86. The van der Waals surface area contributed by atoms with Crippen molar-refractivity contribution in [3.63, 3.8) is 0 Å². The molecule has 0 aliphatic carbocycles. The van der Waals surface area contributed by atoms with Crippen LogP contribution in [-0.4, -0.2) is 10.2 Å². The molecule has 0 aliphatic heterocycles. The molecule has 4 nitrogen and oxygen atoms in total. The standard InChI is InChI=1S/C9H11N3OS/c1-5-3-4-7(14-5)9-12-11-8(13-9)6(2)10/h3-4,6H,10H2,1-2H3. The first kappa shape index (κ1) is 9.36. The first-order valence-electron chi connectivity index (χ1n) is 4.32. The van der Waals surface area contributed by atoms with Crippen LogP contribution < -0.4 is 5.73 Å². The molecule has 1 unspecified atom stereocenters. The molecule has 0 saturated carbocycles. The van der Waals surface area contributed by atoms with Gasteiger partial charge in [0.25, 0.3) is 5.89 Å². The predicted molar refractivity (Wildman–Crippen MR) is 55.0 cm³/mol. The lowest BCUT2D eigenvalue weighted by Crippen LogP contribution is -2.04. The fourth-order valence-electron chi connectivity index (χ4n) is 1.07. The molecular formula is C9H11N3OS. The minimum atomic E-state index is -0.211. The van der Waals surface area contributed by atoms with Gasteiger partial charge < -0.3 is 10.2 Å². The summed E-state index contributed by atoms with van der Waals surface area (Å²) in [7, 11) is 0. The number of aromatic nitrogens is 2. The van der Waals surface area contributed by atoms with Crippen molar-refractivity contribution in [3.8, 4) is 10.8 Å². The molecule has 0 aliphatic rings. The van der Waals surface area contributed by atoms with Crippen LogP contribution in [0.25, 0.3) is 10.8 Å². The van der Waals surface area contributed by atoms with Crippen molar-refractivity contribution in [2.45, 2.75) is 19.9 Å². The second-order valence-electron chi connectivity index (χ2n) is 3.14. The summed E-state index contributed by atoms with van der Waals surface area (Å²) in [5.41, 5.74) is 5.62. The SMILES string of the molecule is Cc1ccc(-c2nnc(C(C)N)o2)s1. The Morgan fingerprint density at radius 2 is 2.21 bits per heavy atom. The fraction of sp³-hybridized carbons (Fsp3) is 0.333. The van der Waals surface area contributed by atoms with Gasteiger partial charge >= 0.3 is 0 Å². The quantitative estimate of drug-likeness (QED) is 0.822. The highest BCUT2D eigenvalue weighted by Crippen LogP contribution is 2.27. The van der Waals surface area contributed by atoms with Crippen LogP contribution >= 0.6 is 11.3 Å². The number of aryl methyl sites for hydroxylation is 1. The Bertz CT molecular complexity index is 433. The smallest absolute Gasteiger partial charge is 0.257 e. The van der Waals surface area contributed by atoms with Crippen LogP contribution in [-0.2, 0) is 0 Å². The number of hydrogen-bond acceptors (Lipinski definition) is 5. The van der Waals surface area contributed by atoms with E-state index in [0.717, 1.165) is 4.88 Å². The Morgan fingerprint density at radius 3 is 2.71 bits per heavy atom. The van der Waals surface area contributed by atoms with Crippen LogP contribution in [0.5, 0.6) is 0 Å². The Balaban J connectivity index is 2.33. The molecule has 2 aromatic rings. The van der Waals surface area contributed by atoms with Gasteiger partial charge in [0, 0.05) is 4.88 Å². The van der Waals surface area contributed by atoms with E-state index in [1.54, 1.807) is 11.3 Å². The van der Waals surface area contributed by atoms with Gasteiger partial charge in [0.05, 0.1) is 10.9 Å². The summed E-state index contributed by atoms with van der Waals surface area (Å²) in [4.78, 5) is 2.21. The molecule has 0 saturated heterocycles. The molecule has 0 spiro atoms. The molecule has 2 heterocycles. The lowest BCUT2D eigenvalue weighted by molar-refractivity contribution is 0.474. The average Bonchev–Trinajstić information content (AvgIpc) is 2.70. The summed E-state index contributed by atoms with van der Waals surface area (Å²) in [5, 5.41) is 7.80. The van der Waals surface area contributed by atoms with Crippen molar-refractivity contribution in [1.82, 2.24) is 10.2 Å². The summed E-state index contributed by atoms with van der Waals surface area (Å²) >= 11 is 1.63. The average molecular weight is 209 g/mol. The molecule has 2 N–H and O–H groups in total. The van der Waals surface area contributed by atoms with E-state index in [-0.39, 0.29) is 6.04 Å². The molecule has 14 heavy (non-hydrogen) atoms. The van der Waals surface area contributed by atoms with Crippen molar-refractivity contribution in [2.75, 3.05) is 0 Å². The third-order valence-electron chi connectivity index (χ3n) is 1.78. The minimum absolute atomic E-state index is 0.211. The molecule has 0 fully saturated rings. The topological polar surface area (TPSA) is 64.9 Å². The maximum absolute atomic E-state index is 5.62. The van der Waals surface area contributed by atoms with Gasteiger partial charge in [0.2, 0.25) is 5.89 Å².